The highest BCUT2D eigenvalue weighted by Crippen LogP contribution is 2.29. The molecule has 0 spiro atoms. The molecular weight excluding hydrogens is 223 g/mol. The SMILES string of the molecule is N#Cc1cc(F)ccc1N1CCC[C@@H]1C(=O)O. The van der Waals surface area contributed by atoms with Gasteiger partial charge in [-0.15, -0.1) is 0 Å². The highest BCUT2D eigenvalue weighted by atomic mass is 19.1. The van der Waals surface area contributed by atoms with E-state index < -0.39 is 17.8 Å². The number of hydrogen-bond acceptors (Lipinski definition) is 3. The second kappa shape index (κ2) is 4.42. The third-order valence-corrected chi connectivity index (χ3v) is 2.93. The topological polar surface area (TPSA) is 64.3 Å². The van der Waals surface area contributed by atoms with E-state index in [1.807, 2.05) is 6.07 Å². The Morgan fingerprint density at radius 1 is 1.59 bits per heavy atom. The maximum atomic E-state index is 13.0. The van der Waals surface area contributed by atoms with E-state index in [1.165, 1.54) is 12.1 Å². The number of hydrogen-bond donors (Lipinski definition) is 1. The third kappa shape index (κ3) is 2.07. The lowest BCUT2D eigenvalue weighted by Gasteiger charge is -2.24. The van der Waals surface area contributed by atoms with E-state index in [9.17, 15) is 9.18 Å². The van der Waals surface area contributed by atoms with Crippen LogP contribution >= 0.6 is 0 Å². The Labute approximate surface area is 97.9 Å². The van der Waals surface area contributed by atoms with Crippen LogP contribution < -0.4 is 4.90 Å². The lowest BCUT2D eigenvalue weighted by atomic mass is 10.1. The first kappa shape index (κ1) is 11.4. The van der Waals surface area contributed by atoms with Gasteiger partial charge in [0, 0.05) is 6.54 Å². The van der Waals surface area contributed by atoms with Crippen LogP contribution in [0.15, 0.2) is 18.2 Å². The largest absolute Gasteiger partial charge is 0.480 e. The van der Waals surface area contributed by atoms with Crippen LogP contribution in [-0.2, 0) is 4.79 Å². The van der Waals surface area contributed by atoms with Gasteiger partial charge in [0.1, 0.15) is 17.9 Å². The number of rotatable bonds is 2. The summed E-state index contributed by atoms with van der Waals surface area (Å²) in [4.78, 5) is 12.7. The van der Waals surface area contributed by atoms with Crippen molar-refractivity contribution in [3.8, 4) is 6.07 Å². The van der Waals surface area contributed by atoms with Crippen molar-refractivity contribution >= 4 is 11.7 Å². The van der Waals surface area contributed by atoms with Gasteiger partial charge in [0.25, 0.3) is 0 Å². The van der Waals surface area contributed by atoms with Crippen molar-refractivity contribution in [2.75, 3.05) is 11.4 Å². The Bertz CT molecular complexity index is 496. The molecular formula is C12H11FN2O2. The number of carboxylic acids is 1. The van der Waals surface area contributed by atoms with Crippen molar-refractivity contribution in [3.05, 3.63) is 29.6 Å². The van der Waals surface area contributed by atoms with Crippen LogP contribution in [0, 0.1) is 17.1 Å². The Morgan fingerprint density at radius 2 is 2.35 bits per heavy atom. The van der Waals surface area contributed by atoms with Gasteiger partial charge in [0.2, 0.25) is 0 Å². The Balaban J connectivity index is 2.40. The minimum atomic E-state index is -0.907. The summed E-state index contributed by atoms with van der Waals surface area (Å²) >= 11 is 0. The first-order valence-corrected chi connectivity index (χ1v) is 5.32. The zero-order valence-electron chi connectivity index (χ0n) is 9.06. The van der Waals surface area contributed by atoms with Crippen LogP contribution in [0.4, 0.5) is 10.1 Å². The van der Waals surface area contributed by atoms with E-state index in [-0.39, 0.29) is 5.56 Å². The zero-order chi connectivity index (χ0) is 12.4. The summed E-state index contributed by atoms with van der Waals surface area (Å²) in [7, 11) is 0. The molecule has 0 radical (unpaired) electrons. The molecule has 88 valence electrons. The van der Waals surface area contributed by atoms with E-state index in [1.54, 1.807) is 4.90 Å². The summed E-state index contributed by atoms with van der Waals surface area (Å²) in [5.41, 5.74) is 0.678. The highest BCUT2D eigenvalue weighted by molar-refractivity contribution is 5.80. The number of halogens is 1. The smallest absolute Gasteiger partial charge is 0.326 e. The molecule has 17 heavy (non-hydrogen) atoms. The van der Waals surface area contributed by atoms with Crippen molar-refractivity contribution in [2.45, 2.75) is 18.9 Å². The van der Waals surface area contributed by atoms with Gasteiger partial charge in [-0.3, -0.25) is 0 Å². The summed E-state index contributed by atoms with van der Waals surface area (Å²) in [6.07, 6.45) is 1.32. The van der Waals surface area contributed by atoms with Crippen molar-refractivity contribution in [3.63, 3.8) is 0 Å². The Kier molecular flexibility index (Phi) is 2.96. The molecule has 2 rings (SSSR count). The molecule has 4 nitrogen and oxygen atoms in total. The molecule has 0 aromatic heterocycles. The van der Waals surface area contributed by atoms with Gasteiger partial charge in [-0.1, -0.05) is 0 Å². The molecule has 1 aliphatic heterocycles. The van der Waals surface area contributed by atoms with Crippen molar-refractivity contribution in [1.82, 2.24) is 0 Å². The molecule has 0 amide bonds. The van der Waals surface area contributed by atoms with E-state index in [0.717, 1.165) is 12.5 Å². The van der Waals surface area contributed by atoms with Gasteiger partial charge in [-0.25, -0.2) is 9.18 Å². The standard InChI is InChI=1S/C12H11FN2O2/c13-9-3-4-10(8(6-9)7-14)15-5-1-2-11(15)12(16)17/h3-4,6,11H,1-2,5H2,(H,16,17)/t11-/m1/s1. The molecule has 1 aromatic rings. The number of anilines is 1. The fraction of sp³-hybridized carbons (Fsp3) is 0.333. The van der Waals surface area contributed by atoms with Gasteiger partial charge in [0.15, 0.2) is 0 Å². The number of benzene rings is 1. The molecule has 0 aliphatic carbocycles. The van der Waals surface area contributed by atoms with Gasteiger partial charge in [0.05, 0.1) is 11.3 Å². The predicted molar refractivity (Wildman–Crippen MR) is 59.1 cm³/mol. The van der Waals surface area contributed by atoms with Crippen LogP contribution in [-0.4, -0.2) is 23.7 Å². The molecule has 1 fully saturated rings. The molecule has 1 aromatic carbocycles. The average molecular weight is 234 g/mol. The van der Waals surface area contributed by atoms with Gasteiger partial charge < -0.3 is 10.0 Å². The van der Waals surface area contributed by atoms with E-state index >= 15 is 0 Å². The fourth-order valence-electron chi connectivity index (χ4n) is 2.16. The summed E-state index contributed by atoms with van der Waals surface area (Å²) in [6, 6.07) is 5.12. The predicted octanol–water partition coefficient (Wildman–Crippen LogP) is 1.75. The van der Waals surface area contributed by atoms with Crippen LogP contribution in [0.1, 0.15) is 18.4 Å². The molecule has 5 heteroatoms. The molecule has 1 heterocycles. The fourth-order valence-corrected chi connectivity index (χ4v) is 2.16. The Hall–Kier alpha value is -2.09. The van der Waals surface area contributed by atoms with Crippen LogP contribution in [0.25, 0.3) is 0 Å². The second-order valence-electron chi connectivity index (χ2n) is 3.96. The first-order chi connectivity index (χ1) is 8.13. The lowest BCUT2D eigenvalue weighted by molar-refractivity contribution is -0.138. The van der Waals surface area contributed by atoms with Crippen molar-refractivity contribution in [2.24, 2.45) is 0 Å². The summed E-state index contributed by atoms with van der Waals surface area (Å²) in [5.74, 6) is -1.40. The summed E-state index contributed by atoms with van der Waals surface area (Å²) < 4.78 is 13.0. The van der Waals surface area contributed by atoms with E-state index in [2.05, 4.69) is 0 Å². The second-order valence-corrected chi connectivity index (χ2v) is 3.96. The number of nitrogens with zero attached hydrogens (tertiary/aromatic N) is 2. The summed E-state index contributed by atoms with van der Waals surface area (Å²) in [6.45, 7) is 0.581. The van der Waals surface area contributed by atoms with Crippen LogP contribution in [0.2, 0.25) is 0 Å². The van der Waals surface area contributed by atoms with Crippen LogP contribution in [0.3, 0.4) is 0 Å². The molecule has 0 unspecified atom stereocenters. The maximum Gasteiger partial charge on any atom is 0.326 e. The minimum absolute atomic E-state index is 0.179. The number of aliphatic carboxylic acids is 1. The van der Waals surface area contributed by atoms with Crippen molar-refractivity contribution < 1.29 is 14.3 Å². The first-order valence-electron chi connectivity index (χ1n) is 5.32. The minimum Gasteiger partial charge on any atom is -0.480 e. The molecule has 1 saturated heterocycles. The molecule has 1 atom stereocenters. The number of nitriles is 1. The molecule has 0 saturated carbocycles. The zero-order valence-corrected chi connectivity index (χ0v) is 9.06. The quantitative estimate of drug-likeness (QED) is 0.846. The molecule has 1 N–H and O–H groups in total. The average Bonchev–Trinajstić information content (AvgIpc) is 2.77. The third-order valence-electron chi connectivity index (χ3n) is 2.93. The molecule has 0 bridgehead atoms. The number of carboxylic acid groups (broad SMARTS) is 1. The van der Waals surface area contributed by atoms with Gasteiger partial charge >= 0.3 is 5.97 Å². The Morgan fingerprint density at radius 3 is 3.00 bits per heavy atom. The maximum absolute atomic E-state index is 13.0. The van der Waals surface area contributed by atoms with Gasteiger partial charge in [-0.2, -0.15) is 5.26 Å². The summed E-state index contributed by atoms with van der Waals surface area (Å²) in [5, 5.41) is 18.0. The van der Waals surface area contributed by atoms with Crippen LogP contribution in [0.5, 0.6) is 0 Å². The van der Waals surface area contributed by atoms with Gasteiger partial charge in [-0.05, 0) is 31.0 Å². The van der Waals surface area contributed by atoms with E-state index in [0.29, 0.717) is 18.7 Å². The highest BCUT2D eigenvalue weighted by Gasteiger charge is 2.31. The molecule has 1 aliphatic rings. The van der Waals surface area contributed by atoms with E-state index in [4.69, 9.17) is 10.4 Å². The normalized spacial score (nSPS) is 19.1. The number of carbonyl (C=O) groups is 1. The van der Waals surface area contributed by atoms with Crippen molar-refractivity contribution in [1.29, 1.82) is 5.26 Å². The lowest BCUT2D eigenvalue weighted by Crippen LogP contribution is -2.36. The monoisotopic (exact) mass is 234 g/mol.